The molecule has 0 aromatic heterocycles. The van der Waals surface area contributed by atoms with Gasteiger partial charge < -0.3 is 9.26 Å². The lowest BCUT2D eigenvalue weighted by Crippen LogP contribution is -2.29. The molecule has 0 aliphatic carbocycles. The standard InChI is InChI=1S/C20H18N3O6P/c1-2-29-30(27)17-12-13-28-20(17)22(15-6-4-3-5-7-15)21-19(30)18(24)14-8-10-16(11-9-14)23(25)26/h3-11H,2,12-13H2,1H3. The number of ether oxygens (including phenoxy) is 1. The Morgan fingerprint density at radius 2 is 1.93 bits per heavy atom. The molecular weight excluding hydrogens is 409 g/mol. The third-order valence-corrected chi connectivity index (χ3v) is 7.30. The molecule has 1 unspecified atom stereocenters. The van der Waals surface area contributed by atoms with Gasteiger partial charge in [-0.15, -0.1) is 0 Å². The number of carbonyl (C=O) groups excluding carboxylic acids is 1. The van der Waals surface area contributed by atoms with Crippen molar-refractivity contribution in [1.82, 2.24) is 0 Å². The quantitative estimate of drug-likeness (QED) is 0.288. The fraction of sp³-hybridized carbons (Fsp3) is 0.200. The van der Waals surface area contributed by atoms with Crippen molar-refractivity contribution in [3.63, 3.8) is 0 Å². The Bertz CT molecular complexity index is 1110. The van der Waals surface area contributed by atoms with E-state index in [-0.39, 0.29) is 23.3 Å². The molecule has 2 aromatic carbocycles. The van der Waals surface area contributed by atoms with Crippen molar-refractivity contribution in [2.45, 2.75) is 13.3 Å². The van der Waals surface area contributed by atoms with Gasteiger partial charge in [-0.1, -0.05) is 18.2 Å². The molecule has 30 heavy (non-hydrogen) atoms. The molecule has 0 N–H and O–H groups in total. The molecule has 0 fully saturated rings. The van der Waals surface area contributed by atoms with E-state index < -0.39 is 18.1 Å². The molecule has 0 amide bonds. The molecule has 1 atom stereocenters. The van der Waals surface area contributed by atoms with Crippen LogP contribution in [-0.4, -0.2) is 29.4 Å². The molecule has 2 aliphatic heterocycles. The summed E-state index contributed by atoms with van der Waals surface area (Å²) in [7, 11) is -3.76. The molecule has 154 valence electrons. The van der Waals surface area contributed by atoms with E-state index in [1.807, 2.05) is 18.2 Å². The summed E-state index contributed by atoms with van der Waals surface area (Å²) in [5, 5.41) is 17.2. The van der Waals surface area contributed by atoms with Crippen LogP contribution in [0, 0.1) is 10.1 Å². The first-order valence-electron chi connectivity index (χ1n) is 9.30. The molecule has 4 rings (SSSR count). The molecular formula is C20H18N3O6P. The first kappa shape index (κ1) is 20.0. The minimum absolute atomic E-state index is 0.117. The molecule has 0 radical (unpaired) electrons. The number of para-hydroxylation sites is 1. The third-order valence-electron chi connectivity index (χ3n) is 4.70. The van der Waals surface area contributed by atoms with E-state index in [2.05, 4.69) is 5.10 Å². The molecule has 2 heterocycles. The SMILES string of the molecule is CCOP1(=O)C(C(=O)c2ccc([N+](=O)[O-])cc2)=NN(c2ccccc2)C2=C1CCO2. The van der Waals surface area contributed by atoms with Crippen LogP contribution in [0.5, 0.6) is 0 Å². The number of Topliss-reactive ketones (excluding diaryl/α,β-unsaturated/α-hetero) is 1. The maximum atomic E-state index is 13.9. The summed E-state index contributed by atoms with van der Waals surface area (Å²) in [6, 6.07) is 14.1. The number of non-ortho nitro benzene ring substituents is 1. The summed E-state index contributed by atoms with van der Waals surface area (Å²) in [4.78, 5) is 23.6. The summed E-state index contributed by atoms with van der Waals surface area (Å²) < 4.78 is 25.2. The Hall–Kier alpha value is -3.29. The predicted octanol–water partition coefficient (Wildman–Crippen LogP) is 4.52. The topological polar surface area (TPSA) is 111 Å². The lowest BCUT2D eigenvalue weighted by Gasteiger charge is -2.30. The van der Waals surface area contributed by atoms with Crippen molar-refractivity contribution in [2.24, 2.45) is 5.10 Å². The number of nitrogens with zero attached hydrogens (tertiary/aromatic N) is 3. The van der Waals surface area contributed by atoms with E-state index in [9.17, 15) is 19.5 Å². The number of hydrazone groups is 1. The van der Waals surface area contributed by atoms with Gasteiger partial charge in [0.2, 0.25) is 11.7 Å². The molecule has 0 saturated carbocycles. The number of carbonyl (C=O) groups is 1. The number of rotatable bonds is 6. The van der Waals surface area contributed by atoms with Gasteiger partial charge in [-0.25, -0.2) is 0 Å². The van der Waals surface area contributed by atoms with E-state index >= 15 is 0 Å². The van der Waals surface area contributed by atoms with Crippen LogP contribution in [0.15, 0.2) is 70.9 Å². The monoisotopic (exact) mass is 427 g/mol. The van der Waals surface area contributed by atoms with Crippen LogP contribution < -0.4 is 5.01 Å². The number of hydrogen-bond acceptors (Lipinski definition) is 8. The summed E-state index contributed by atoms with van der Waals surface area (Å²) in [6.45, 7) is 2.11. The van der Waals surface area contributed by atoms with Gasteiger partial charge in [-0.3, -0.25) is 19.5 Å². The number of hydrogen-bond donors (Lipinski definition) is 0. The second-order valence-electron chi connectivity index (χ2n) is 6.52. The Kier molecular flexibility index (Phi) is 5.24. The summed E-state index contributed by atoms with van der Waals surface area (Å²) in [5.74, 6) is -0.292. The number of anilines is 1. The highest BCUT2D eigenvalue weighted by molar-refractivity contribution is 7.83. The predicted molar refractivity (Wildman–Crippen MR) is 111 cm³/mol. The van der Waals surface area contributed by atoms with Crippen molar-refractivity contribution in [2.75, 3.05) is 18.2 Å². The number of nitro benzene ring substituents is 1. The summed E-state index contributed by atoms with van der Waals surface area (Å²) in [5.41, 5.74) is 0.399. The van der Waals surface area contributed by atoms with Crippen molar-refractivity contribution >= 4 is 30.0 Å². The van der Waals surface area contributed by atoms with Crippen molar-refractivity contribution < 1.29 is 23.5 Å². The fourth-order valence-electron chi connectivity index (χ4n) is 3.33. The molecule has 2 aromatic rings. The molecule has 0 saturated heterocycles. The zero-order chi connectivity index (χ0) is 21.3. The van der Waals surface area contributed by atoms with Crippen molar-refractivity contribution in [3.8, 4) is 0 Å². The molecule has 2 aliphatic rings. The summed E-state index contributed by atoms with van der Waals surface area (Å²) >= 11 is 0. The van der Waals surface area contributed by atoms with Crippen LogP contribution in [0.1, 0.15) is 23.7 Å². The van der Waals surface area contributed by atoms with Gasteiger partial charge in [0.15, 0.2) is 5.45 Å². The highest BCUT2D eigenvalue weighted by Gasteiger charge is 2.48. The van der Waals surface area contributed by atoms with Crippen molar-refractivity contribution in [1.29, 1.82) is 0 Å². The van der Waals surface area contributed by atoms with Crippen LogP contribution in [0.4, 0.5) is 11.4 Å². The average Bonchev–Trinajstić information content (AvgIpc) is 3.26. The van der Waals surface area contributed by atoms with E-state index in [4.69, 9.17) is 9.26 Å². The zero-order valence-corrected chi connectivity index (χ0v) is 17.0. The second kappa shape index (κ2) is 7.85. The number of nitro groups is 1. The Labute approximate surface area is 172 Å². The minimum Gasteiger partial charge on any atom is -0.477 e. The third kappa shape index (κ3) is 3.32. The van der Waals surface area contributed by atoms with Gasteiger partial charge in [0.05, 0.1) is 29.1 Å². The highest BCUT2D eigenvalue weighted by atomic mass is 31.2. The van der Waals surface area contributed by atoms with Crippen LogP contribution in [0.3, 0.4) is 0 Å². The molecule has 0 spiro atoms. The smallest absolute Gasteiger partial charge is 0.286 e. The van der Waals surface area contributed by atoms with Gasteiger partial charge in [0.25, 0.3) is 13.1 Å². The minimum atomic E-state index is -3.76. The lowest BCUT2D eigenvalue weighted by atomic mass is 10.1. The van der Waals surface area contributed by atoms with Gasteiger partial charge in [0.1, 0.15) is 0 Å². The van der Waals surface area contributed by atoms with Gasteiger partial charge in [-0.2, -0.15) is 10.1 Å². The first-order chi connectivity index (χ1) is 14.5. The van der Waals surface area contributed by atoms with Gasteiger partial charge >= 0.3 is 0 Å². The second-order valence-corrected chi connectivity index (χ2v) is 8.85. The van der Waals surface area contributed by atoms with E-state index in [0.717, 1.165) is 0 Å². The molecule has 9 nitrogen and oxygen atoms in total. The highest BCUT2D eigenvalue weighted by Crippen LogP contribution is 2.63. The van der Waals surface area contributed by atoms with Crippen LogP contribution in [0.25, 0.3) is 0 Å². The molecule has 0 bridgehead atoms. The zero-order valence-electron chi connectivity index (χ0n) is 16.1. The first-order valence-corrected chi connectivity index (χ1v) is 10.9. The van der Waals surface area contributed by atoms with Crippen LogP contribution >= 0.6 is 7.37 Å². The normalized spacial score (nSPS) is 20.4. The lowest BCUT2D eigenvalue weighted by molar-refractivity contribution is -0.384. The van der Waals surface area contributed by atoms with Crippen molar-refractivity contribution in [3.05, 3.63) is 81.5 Å². The summed E-state index contributed by atoms with van der Waals surface area (Å²) in [6.07, 6.45) is 0.350. The van der Waals surface area contributed by atoms with E-state index in [0.29, 0.717) is 29.9 Å². The van der Waals surface area contributed by atoms with Gasteiger partial charge in [0, 0.05) is 24.1 Å². The van der Waals surface area contributed by atoms with Gasteiger partial charge in [-0.05, 0) is 31.2 Å². The van der Waals surface area contributed by atoms with E-state index in [1.165, 1.54) is 29.3 Å². The largest absolute Gasteiger partial charge is 0.477 e. The Balaban J connectivity index is 1.83. The number of benzene rings is 2. The Morgan fingerprint density at radius 1 is 1.23 bits per heavy atom. The fourth-order valence-corrected chi connectivity index (χ4v) is 5.62. The maximum Gasteiger partial charge on any atom is 0.286 e. The Morgan fingerprint density at radius 3 is 2.57 bits per heavy atom. The van der Waals surface area contributed by atoms with Crippen LogP contribution in [-0.2, 0) is 13.8 Å². The average molecular weight is 427 g/mol. The molecule has 10 heteroatoms. The maximum absolute atomic E-state index is 13.9. The van der Waals surface area contributed by atoms with E-state index in [1.54, 1.807) is 19.1 Å². The number of ketones is 1. The van der Waals surface area contributed by atoms with Crippen LogP contribution in [0.2, 0.25) is 0 Å².